The van der Waals surface area contributed by atoms with Crippen molar-refractivity contribution in [3.63, 3.8) is 0 Å². The number of hydrogen-bond acceptors (Lipinski definition) is 2. The van der Waals surface area contributed by atoms with Gasteiger partial charge in [-0.2, -0.15) is 0 Å². The quantitative estimate of drug-likeness (QED) is 0.853. The van der Waals surface area contributed by atoms with E-state index in [1.807, 2.05) is 0 Å². The standard InChI is InChI=1S/C14H19ClN2O/c1-3-10-6-7-12(9(10)2)17-14(18)11-5-4-8-16-13(11)15/h4-5,8-10,12H,3,6-7H2,1-2H3,(H,17,18). The Labute approximate surface area is 113 Å². The third-order valence-corrected chi connectivity index (χ3v) is 4.37. The van der Waals surface area contributed by atoms with Crippen molar-refractivity contribution in [2.75, 3.05) is 0 Å². The van der Waals surface area contributed by atoms with Crippen LogP contribution >= 0.6 is 11.6 Å². The summed E-state index contributed by atoms with van der Waals surface area (Å²) in [6.07, 6.45) is 5.03. The maximum absolute atomic E-state index is 12.1. The summed E-state index contributed by atoms with van der Waals surface area (Å²) in [5.41, 5.74) is 0.464. The SMILES string of the molecule is CCC1CCC(NC(=O)c2cccnc2Cl)C1C. The zero-order valence-corrected chi connectivity index (χ0v) is 11.6. The third-order valence-electron chi connectivity index (χ3n) is 4.07. The third kappa shape index (κ3) is 2.66. The van der Waals surface area contributed by atoms with Gasteiger partial charge in [0.05, 0.1) is 5.56 Å². The van der Waals surface area contributed by atoms with Crippen LogP contribution in [0.2, 0.25) is 5.15 Å². The minimum absolute atomic E-state index is 0.110. The molecule has 1 heterocycles. The summed E-state index contributed by atoms with van der Waals surface area (Å²) in [4.78, 5) is 16.1. The van der Waals surface area contributed by atoms with E-state index in [-0.39, 0.29) is 17.1 Å². The number of aromatic nitrogens is 1. The van der Waals surface area contributed by atoms with Crippen molar-refractivity contribution in [3.8, 4) is 0 Å². The van der Waals surface area contributed by atoms with E-state index >= 15 is 0 Å². The molecule has 1 fully saturated rings. The van der Waals surface area contributed by atoms with Crippen molar-refractivity contribution < 1.29 is 4.79 Å². The second-order valence-electron chi connectivity index (χ2n) is 5.03. The molecular weight excluding hydrogens is 248 g/mol. The van der Waals surface area contributed by atoms with E-state index in [0.717, 1.165) is 12.3 Å². The molecule has 4 heteroatoms. The van der Waals surface area contributed by atoms with Gasteiger partial charge in [-0.25, -0.2) is 4.98 Å². The van der Waals surface area contributed by atoms with Gasteiger partial charge in [0.1, 0.15) is 5.15 Å². The number of rotatable bonds is 3. The Morgan fingerprint density at radius 3 is 2.94 bits per heavy atom. The van der Waals surface area contributed by atoms with Crippen molar-refractivity contribution in [1.29, 1.82) is 0 Å². The first-order chi connectivity index (χ1) is 8.63. The van der Waals surface area contributed by atoms with Crippen LogP contribution in [0.15, 0.2) is 18.3 Å². The number of amides is 1. The fourth-order valence-electron chi connectivity index (χ4n) is 2.83. The topological polar surface area (TPSA) is 42.0 Å². The van der Waals surface area contributed by atoms with E-state index < -0.39 is 0 Å². The molecule has 1 aliphatic rings. The highest BCUT2D eigenvalue weighted by molar-refractivity contribution is 6.32. The van der Waals surface area contributed by atoms with Crippen LogP contribution in [0.5, 0.6) is 0 Å². The molecule has 1 aliphatic carbocycles. The van der Waals surface area contributed by atoms with E-state index in [9.17, 15) is 4.79 Å². The van der Waals surface area contributed by atoms with Crippen molar-refractivity contribution in [3.05, 3.63) is 29.0 Å². The number of carbonyl (C=O) groups is 1. The number of pyridine rings is 1. The monoisotopic (exact) mass is 266 g/mol. The molecule has 1 saturated carbocycles. The molecule has 18 heavy (non-hydrogen) atoms. The molecule has 3 atom stereocenters. The van der Waals surface area contributed by atoms with Crippen LogP contribution in [0.4, 0.5) is 0 Å². The Morgan fingerprint density at radius 1 is 1.56 bits per heavy atom. The number of nitrogens with one attached hydrogen (secondary N) is 1. The lowest BCUT2D eigenvalue weighted by Crippen LogP contribution is -2.37. The minimum atomic E-state index is -0.110. The zero-order valence-electron chi connectivity index (χ0n) is 10.8. The second kappa shape index (κ2) is 5.70. The minimum Gasteiger partial charge on any atom is -0.349 e. The number of carbonyl (C=O) groups excluding carboxylic acids is 1. The number of nitrogens with zero attached hydrogens (tertiary/aromatic N) is 1. The van der Waals surface area contributed by atoms with E-state index in [2.05, 4.69) is 24.1 Å². The van der Waals surface area contributed by atoms with E-state index in [0.29, 0.717) is 11.5 Å². The molecule has 1 N–H and O–H groups in total. The molecule has 98 valence electrons. The first-order valence-corrected chi connectivity index (χ1v) is 6.92. The van der Waals surface area contributed by atoms with Gasteiger partial charge in [0.15, 0.2) is 0 Å². The molecule has 0 bridgehead atoms. The molecule has 0 spiro atoms. The Morgan fingerprint density at radius 2 is 2.33 bits per heavy atom. The molecule has 3 nitrogen and oxygen atoms in total. The second-order valence-corrected chi connectivity index (χ2v) is 5.38. The lowest BCUT2D eigenvalue weighted by molar-refractivity contribution is 0.0926. The summed E-state index contributed by atoms with van der Waals surface area (Å²) in [5.74, 6) is 1.15. The predicted molar refractivity (Wildman–Crippen MR) is 72.7 cm³/mol. The van der Waals surface area contributed by atoms with Gasteiger partial charge in [-0.05, 0) is 36.8 Å². The van der Waals surface area contributed by atoms with Crippen molar-refractivity contribution in [2.24, 2.45) is 11.8 Å². The number of halogens is 1. The van der Waals surface area contributed by atoms with Gasteiger partial charge in [0.25, 0.3) is 5.91 Å². The van der Waals surface area contributed by atoms with E-state index in [4.69, 9.17) is 11.6 Å². The highest BCUT2D eigenvalue weighted by Gasteiger charge is 2.32. The molecule has 1 amide bonds. The largest absolute Gasteiger partial charge is 0.349 e. The molecular formula is C14H19ClN2O. The normalized spacial score (nSPS) is 27.2. The molecule has 1 aromatic rings. The van der Waals surface area contributed by atoms with E-state index in [1.54, 1.807) is 18.3 Å². The van der Waals surface area contributed by atoms with Crippen LogP contribution in [0.25, 0.3) is 0 Å². The van der Waals surface area contributed by atoms with Crippen molar-refractivity contribution >= 4 is 17.5 Å². The summed E-state index contributed by atoms with van der Waals surface area (Å²) in [6.45, 7) is 4.43. The lowest BCUT2D eigenvalue weighted by Gasteiger charge is -2.21. The van der Waals surface area contributed by atoms with Gasteiger partial charge in [0.2, 0.25) is 0 Å². The maximum Gasteiger partial charge on any atom is 0.254 e. The van der Waals surface area contributed by atoms with E-state index in [1.165, 1.54) is 12.8 Å². The molecule has 0 aliphatic heterocycles. The average molecular weight is 267 g/mol. The van der Waals surface area contributed by atoms with Crippen LogP contribution in [-0.4, -0.2) is 16.9 Å². The van der Waals surface area contributed by atoms with Gasteiger partial charge in [-0.1, -0.05) is 31.9 Å². The van der Waals surface area contributed by atoms with Crippen LogP contribution in [0, 0.1) is 11.8 Å². The van der Waals surface area contributed by atoms with Crippen molar-refractivity contribution in [1.82, 2.24) is 10.3 Å². The van der Waals surface area contributed by atoms with Crippen molar-refractivity contribution in [2.45, 2.75) is 39.2 Å². The summed E-state index contributed by atoms with van der Waals surface area (Å²) < 4.78 is 0. The average Bonchev–Trinajstić information content (AvgIpc) is 2.71. The summed E-state index contributed by atoms with van der Waals surface area (Å²) in [6, 6.07) is 3.70. The van der Waals surface area contributed by atoms with Crippen LogP contribution < -0.4 is 5.32 Å². The predicted octanol–water partition coefficient (Wildman–Crippen LogP) is 3.29. The number of hydrogen-bond donors (Lipinski definition) is 1. The fraction of sp³-hybridized carbons (Fsp3) is 0.571. The van der Waals surface area contributed by atoms with Gasteiger partial charge >= 0.3 is 0 Å². The van der Waals surface area contributed by atoms with Gasteiger partial charge in [-0.3, -0.25) is 4.79 Å². The van der Waals surface area contributed by atoms with Gasteiger partial charge in [0, 0.05) is 12.2 Å². The summed E-state index contributed by atoms with van der Waals surface area (Å²) >= 11 is 5.92. The van der Waals surface area contributed by atoms with Crippen LogP contribution in [-0.2, 0) is 0 Å². The van der Waals surface area contributed by atoms with Crippen LogP contribution in [0.3, 0.4) is 0 Å². The molecule has 2 rings (SSSR count). The lowest BCUT2D eigenvalue weighted by atomic mass is 9.93. The zero-order chi connectivity index (χ0) is 13.1. The fourth-order valence-corrected chi connectivity index (χ4v) is 3.03. The van der Waals surface area contributed by atoms with Crippen LogP contribution in [0.1, 0.15) is 43.5 Å². The van der Waals surface area contributed by atoms with Gasteiger partial charge < -0.3 is 5.32 Å². The summed E-state index contributed by atoms with van der Waals surface area (Å²) in [7, 11) is 0. The maximum atomic E-state index is 12.1. The highest BCUT2D eigenvalue weighted by Crippen LogP contribution is 2.34. The molecule has 1 aromatic heterocycles. The first kappa shape index (κ1) is 13.3. The summed E-state index contributed by atoms with van der Waals surface area (Å²) in [5, 5.41) is 3.36. The molecule has 0 saturated heterocycles. The van der Waals surface area contributed by atoms with Gasteiger partial charge in [-0.15, -0.1) is 0 Å². The Bertz CT molecular complexity index is 436. The smallest absolute Gasteiger partial charge is 0.254 e. The first-order valence-electron chi connectivity index (χ1n) is 6.54. The Hall–Kier alpha value is -1.09. The molecule has 0 aromatic carbocycles. The molecule has 3 unspecified atom stereocenters. The Balaban J connectivity index is 2.03. The molecule has 0 radical (unpaired) electrons. The Kier molecular flexibility index (Phi) is 4.23. The highest BCUT2D eigenvalue weighted by atomic mass is 35.5.